The topological polar surface area (TPSA) is 109 Å². The van der Waals surface area contributed by atoms with Gasteiger partial charge in [-0.2, -0.15) is 21.6 Å². The van der Waals surface area contributed by atoms with Gasteiger partial charge >= 0.3 is 6.18 Å². The Balaban J connectivity index is 1.56. The zero-order chi connectivity index (χ0) is 30.5. The van der Waals surface area contributed by atoms with E-state index in [2.05, 4.69) is 9.71 Å². The molecule has 3 aromatic rings. The molecule has 42 heavy (non-hydrogen) atoms. The monoisotopic (exact) mass is 604 g/mol. The summed E-state index contributed by atoms with van der Waals surface area (Å²) in [6, 6.07) is 17.8. The molecule has 0 spiro atoms. The average molecular weight is 605 g/mol. The van der Waals surface area contributed by atoms with E-state index in [1.54, 1.807) is 18.2 Å². The van der Waals surface area contributed by atoms with Crippen LogP contribution >= 0.6 is 0 Å². The van der Waals surface area contributed by atoms with Crippen LogP contribution < -0.4 is 4.72 Å². The quantitative estimate of drug-likeness (QED) is 0.215. The molecule has 2 aromatic carbocycles. The first-order valence-electron chi connectivity index (χ1n) is 13.8. The Kier molecular flexibility index (Phi) is 9.64. The van der Waals surface area contributed by atoms with Crippen molar-refractivity contribution in [2.45, 2.75) is 81.4 Å². The number of ether oxygens (including phenoxy) is 1. The summed E-state index contributed by atoms with van der Waals surface area (Å²) < 4.78 is 72.9. The minimum atomic E-state index is -4.64. The maximum absolute atomic E-state index is 12.9. The molecule has 0 saturated heterocycles. The fourth-order valence-corrected chi connectivity index (χ4v) is 6.51. The van der Waals surface area contributed by atoms with Gasteiger partial charge in [0.2, 0.25) is 0 Å². The molecule has 1 aliphatic rings. The van der Waals surface area contributed by atoms with Crippen LogP contribution in [0.15, 0.2) is 89.3 Å². The third-order valence-corrected chi connectivity index (χ3v) is 8.83. The standard InChI is InChI=1S/C31H35F3N2O5S/c1-3-16-30(17-15-21-9-6-5-7-10-21)19-26(37)28(29(38)41-30)25(4-2)22-11-8-12-24(18-22)36-42(39,40)27-14-13-23(20-35-27)31(32,33)34/h5-14,18,20,25,29,36-38H,3-4,15-17,19H2,1-2H3. The molecule has 4 rings (SSSR count). The highest BCUT2D eigenvalue weighted by atomic mass is 32.2. The number of nitrogens with zero attached hydrogens (tertiary/aromatic N) is 1. The summed E-state index contributed by atoms with van der Waals surface area (Å²) >= 11 is 0. The number of aromatic nitrogens is 1. The van der Waals surface area contributed by atoms with Gasteiger partial charge in [-0.3, -0.25) is 4.72 Å². The molecule has 0 saturated carbocycles. The lowest BCUT2D eigenvalue weighted by Crippen LogP contribution is -2.43. The van der Waals surface area contributed by atoms with Gasteiger partial charge in [0.25, 0.3) is 10.0 Å². The Morgan fingerprint density at radius 1 is 1.07 bits per heavy atom. The lowest BCUT2D eigenvalue weighted by Gasteiger charge is -2.42. The molecule has 1 aliphatic heterocycles. The Bertz CT molecular complexity index is 1490. The number of hydrogen-bond acceptors (Lipinski definition) is 6. The Hall–Kier alpha value is -3.41. The van der Waals surface area contributed by atoms with Crippen molar-refractivity contribution in [1.29, 1.82) is 0 Å². The molecule has 2 heterocycles. The predicted octanol–water partition coefficient (Wildman–Crippen LogP) is 7.12. The number of nitrogens with one attached hydrogen (secondary N) is 1. The molecule has 3 atom stereocenters. The third kappa shape index (κ3) is 7.32. The van der Waals surface area contributed by atoms with E-state index < -0.39 is 44.6 Å². The highest BCUT2D eigenvalue weighted by Crippen LogP contribution is 2.44. The minimum Gasteiger partial charge on any atom is -0.512 e. The summed E-state index contributed by atoms with van der Waals surface area (Å²) in [6.07, 6.45) is -2.02. The molecule has 226 valence electrons. The van der Waals surface area contributed by atoms with E-state index in [0.29, 0.717) is 42.7 Å². The number of alkyl halides is 3. The number of benzene rings is 2. The highest BCUT2D eigenvalue weighted by Gasteiger charge is 2.42. The summed E-state index contributed by atoms with van der Waals surface area (Å²) in [6.45, 7) is 3.90. The first-order chi connectivity index (χ1) is 19.9. The van der Waals surface area contributed by atoms with Gasteiger partial charge < -0.3 is 14.9 Å². The van der Waals surface area contributed by atoms with E-state index in [4.69, 9.17) is 4.74 Å². The number of aliphatic hydroxyl groups is 2. The van der Waals surface area contributed by atoms with Crippen molar-refractivity contribution >= 4 is 15.7 Å². The molecule has 0 fully saturated rings. The molecule has 3 N–H and O–H groups in total. The number of rotatable bonds is 11. The van der Waals surface area contributed by atoms with Crippen LogP contribution in [0.3, 0.4) is 0 Å². The van der Waals surface area contributed by atoms with Crippen LogP contribution in [0, 0.1) is 0 Å². The van der Waals surface area contributed by atoms with E-state index in [-0.39, 0.29) is 17.9 Å². The van der Waals surface area contributed by atoms with E-state index in [0.717, 1.165) is 24.5 Å². The zero-order valence-corrected chi connectivity index (χ0v) is 24.3. The van der Waals surface area contributed by atoms with E-state index >= 15 is 0 Å². The van der Waals surface area contributed by atoms with Crippen LogP contribution in [-0.4, -0.2) is 35.5 Å². The normalized spacial score (nSPS) is 20.4. The second-order valence-corrected chi connectivity index (χ2v) is 12.2. The smallest absolute Gasteiger partial charge is 0.417 e. The van der Waals surface area contributed by atoms with Crippen LogP contribution in [-0.2, 0) is 27.4 Å². The van der Waals surface area contributed by atoms with Gasteiger partial charge in [-0.25, -0.2) is 4.98 Å². The summed E-state index contributed by atoms with van der Waals surface area (Å²) in [5.41, 5.74) is 0.448. The number of pyridine rings is 1. The molecule has 0 bridgehead atoms. The third-order valence-electron chi connectivity index (χ3n) is 7.53. The van der Waals surface area contributed by atoms with Gasteiger partial charge in [0, 0.05) is 29.8 Å². The van der Waals surface area contributed by atoms with Crippen molar-refractivity contribution in [3.63, 3.8) is 0 Å². The second kappa shape index (κ2) is 12.8. The van der Waals surface area contributed by atoms with Gasteiger partial charge in [0.15, 0.2) is 11.3 Å². The molecule has 11 heteroatoms. The zero-order valence-electron chi connectivity index (χ0n) is 23.4. The van der Waals surface area contributed by atoms with Gasteiger partial charge in [-0.05, 0) is 61.1 Å². The molecule has 1 aromatic heterocycles. The van der Waals surface area contributed by atoms with Crippen LogP contribution in [0.1, 0.15) is 68.6 Å². The van der Waals surface area contributed by atoms with E-state index in [1.807, 2.05) is 44.2 Å². The summed E-state index contributed by atoms with van der Waals surface area (Å²) in [5.74, 6) is -0.426. The predicted molar refractivity (Wildman–Crippen MR) is 153 cm³/mol. The van der Waals surface area contributed by atoms with Crippen molar-refractivity contribution in [2.24, 2.45) is 0 Å². The first-order valence-corrected chi connectivity index (χ1v) is 15.3. The molecular formula is C31H35F3N2O5S. The summed E-state index contributed by atoms with van der Waals surface area (Å²) in [5, 5.41) is 21.9. The van der Waals surface area contributed by atoms with Crippen molar-refractivity contribution in [2.75, 3.05) is 4.72 Å². The number of aryl methyl sites for hydroxylation is 1. The fraction of sp³-hybridized carbons (Fsp3) is 0.387. The molecule has 7 nitrogen and oxygen atoms in total. The maximum Gasteiger partial charge on any atom is 0.417 e. The Labute approximate surface area is 244 Å². The Morgan fingerprint density at radius 3 is 2.40 bits per heavy atom. The summed E-state index contributed by atoms with van der Waals surface area (Å²) in [4.78, 5) is 3.48. The highest BCUT2D eigenvalue weighted by molar-refractivity contribution is 7.92. The number of sulfonamides is 1. The van der Waals surface area contributed by atoms with Gasteiger partial charge in [0.05, 0.1) is 16.9 Å². The minimum absolute atomic E-state index is 0.0575. The van der Waals surface area contributed by atoms with Crippen molar-refractivity contribution in [3.8, 4) is 0 Å². The van der Waals surface area contributed by atoms with Gasteiger partial charge in [0.1, 0.15) is 0 Å². The van der Waals surface area contributed by atoms with Crippen molar-refractivity contribution in [3.05, 3.63) is 101 Å². The molecule has 0 radical (unpaired) electrons. The van der Waals surface area contributed by atoms with Crippen LogP contribution in [0.4, 0.5) is 18.9 Å². The van der Waals surface area contributed by atoms with Crippen LogP contribution in [0.25, 0.3) is 0 Å². The van der Waals surface area contributed by atoms with E-state index in [9.17, 15) is 31.8 Å². The largest absolute Gasteiger partial charge is 0.512 e. The number of halogens is 3. The van der Waals surface area contributed by atoms with Gasteiger partial charge in [-0.1, -0.05) is 62.7 Å². The SMILES string of the molecule is CCCC1(CCc2ccccc2)CC(O)=C(C(CC)c2cccc(NS(=O)(=O)c3ccc(C(F)(F)F)cn3)c2)C(O)O1. The molecule has 3 unspecified atom stereocenters. The van der Waals surface area contributed by atoms with Crippen molar-refractivity contribution in [1.82, 2.24) is 4.98 Å². The molecule has 0 amide bonds. The molecule has 0 aliphatic carbocycles. The molecular weight excluding hydrogens is 569 g/mol. The maximum atomic E-state index is 12.9. The van der Waals surface area contributed by atoms with Crippen molar-refractivity contribution < 1.29 is 36.5 Å². The Morgan fingerprint density at radius 2 is 1.81 bits per heavy atom. The summed E-state index contributed by atoms with van der Waals surface area (Å²) in [7, 11) is -4.29. The fourth-order valence-electron chi connectivity index (χ4n) is 5.53. The average Bonchev–Trinajstić information content (AvgIpc) is 2.94. The lowest BCUT2D eigenvalue weighted by atomic mass is 9.79. The second-order valence-electron chi connectivity index (χ2n) is 10.5. The van der Waals surface area contributed by atoms with Crippen LogP contribution in [0.2, 0.25) is 0 Å². The lowest BCUT2D eigenvalue weighted by molar-refractivity contribution is -0.189. The van der Waals surface area contributed by atoms with Crippen LogP contribution in [0.5, 0.6) is 0 Å². The number of aliphatic hydroxyl groups excluding tert-OH is 2. The number of hydrogen-bond donors (Lipinski definition) is 3. The first kappa shape index (κ1) is 31.5. The van der Waals surface area contributed by atoms with Gasteiger partial charge in [-0.15, -0.1) is 0 Å². The van der Waals surface area contributed by atoms with E-state index in [1.165, 1.54) is 6.07 Å². The number of anilines is 1.